The van der Waals surface area contributed by atoms with Crippen LogP contribution < -0.4 is 0 Å². The van der Waals surface area contributed by atoms with Gasteiger partial charge in [-0.2, -0.15) is 0 Å². The Morgan fingerprint density at radius 2 is 1.12 bits per heavy atom. The van der Waals surface area contributed by atoms with Gasteiger partial charge < -0.3 is 5.11 Å². The van der Waals surface area contributed by atoms with E-state index in [1.807, 2.05) is 65.8 Å². The van der Waals surface area contributed by atoms with E-state index in [1.54, 1.807) is 6.92 Å². The largest absolute Gasteiger partial charge is 0.390 e. The summed E-state index contributed by atoms with van der Waals surface area (Å²) in [6.45, 7) is 13.3. The van der Waals surface area contributed by atoms with Crippen molar-refractivity contribution in [2.75, 3.05) is 0 Å². The third kappa shape index (κ3) is 8.76. The first-order valence-corrected chi connectivity index (χ1v) is 11.8. The van der Waals surface area contributed by atoms with Crippen molar-refractivity contribution in [1.29, 1.82) is 0 Å². The summed E-state index contributed by atoms with van der Waals surface area (Å²) >= 11 is 0. The lowest BCUT2D eigenvalue weighted by molar-refractivity contribution is -0.0238. The Kier molecular flexibility index (Phi) is 9.58. The molecule has 2 heteroatoms. The molecule has 1 aliphatic carbocycles. The molecule has 0 saturated carbocycles. The highest BCUT2D eigenvalue weighted by molar-refractivity contribution is 5.93. The molecule has 0 spiro atoms. The molecule has 4 rings (SSSR count). The third-order valence-electron chi connectivity index (χ3n) is 6.25. The van der Waals surface area contributed by atoms with Crippen molar-refractivity contribution in [1.82, 2.24) is 0 Å². The first kappa shape index (κ1) is 27.3. The summed E-state index contributed by atoms with van der Waals surface area (Å²) in [5, 5.41) is 9.35. The molecule has 0 bridgehead atoms. The number of hydrogen-bond donors (Lipinski definition) is 1. The number of carbonyl (C=O) groups is 1. The number of allylic oxidation sites excluding steroid dienone is 2. The van der Waals surface area contributed by atoms with Crippen molar-refractivity contribution in [3.8, 4) is 0 Å². The van der Waals surface area contributed by atoms with Gasteiger partial charge in [-0.1, -0.05) is 123 Å². The van der Waals surface area contributed by atoms with Crippen molar-refractivity contribution in [3.63, 3.8) is 0 Å². The average molecular weight is 456 g/mol. The molecule has 1 N–H and O–H groups in total. The van der Waals surface area contributed by atoms with Gasteiger partial charge in [0.25, 0.3) is 0 Å². The monoisotopic (exact) mass is 455 g/mol. The number of benzene rings is 3. The van der Waals surface area contributed by atoms with Gasteiger partial charge in [0.05, 0.1) is 5.60 Å². The van der Waals surface area contributed by atoms with Crippen LogP contribution in [0.15, 0.2) is 96.6 Å². The van der Waals surface area contributed by atoms with Crippen molar-refractivity contribution >= 4 is 5.78 Å². The molecule has 0 saturated heterocycles. The molecule has 3 aromatic carbocycles. The van der Waals surface area contributed by atoms with Crippen LogP contribution in [0, 0.1) is 18.8 Å². The lowest BCUT2D eigenvalue weighted by atomic mass is 9.79. The van der Waals surface area contributed by atoms with Crippen molar-refractivity contribution in [2.24, 2.45) is 5.41 Å². The molecule has 0 heterocycles. The summed E-state index contributed by atoms with van der Waals surface area (Å²) in [6, 6.07) is 28.9. The van der Waals surface area contributed by atoms with Crippen LogP contribution in [-0.4, -0.2) is 16.5 Å². The maximum Gasteiger partial charge on any atom is 0.159 e. The maximum absolute atomic E-state index is 10.8. The fourth-order valence-corrected chi connectivity index (χ4v) is 2.90. The van der Waals surface area contributed by atoms with E-state index in [-0.39, 0.29) is 11.2 Å². The molecule has 0 fully saturated rings. The van der Waals surface area contributed by atoms with Crippen LogP contribution >= 0.6 is 0 Å². The van der Waals surface area contributed by atoms with E-state index in [2.05, 4.69) is 73.2 Å². The van der Waals surface area contributed by atoms with Gasteiger partial charge in [0.2, 0.25) is 0 Å². The second-order valence-electron chi connectivity index (χ2n) is 10.3. The quantitative estimate of drug-likeness (QED) is 0.405. The van der Waals surface area contributed by atoms with Gasteiger partial charge in [0.15, 0.2) is 5.78 Å². The Morgan fingerprint density at radius 1 is 0.735 bits per heavy atom. The Labute approximate surface area is 206 Å². The summed E-state index contributed by atoms with van der Waals surface area (Å²) in [5.74, 6) is 0.544. The van der Waals surface area contributed by atoms with Crippen molar-refractivity contribution < 1.29 is 9.90 Å². The van der Waals surface area contributed by atoms with E-state index < -0.39 is 5.60 Å². The Morgan fingerprint density at radius 3 is 1.41 bits per heavy atom. The number of ketones is 1. The molecule has 3 aromatic rings. The molecule has 0 aromatic heterocycles. The number of carbonyl (C=O) groups excluding carboxylic acids is 1. The second-order valence-corrected chi connectivity index (χ2v) is 10.3. The molecule has 0 amide bonds. The second kappa shape index (κ2) is 11.9. The number of rotatable bonds is 4. The summed E-state index contributed by atoms with van der Waals surface area (Å²) in [5.41, 5.74) is 5.57. The zero-order valence-electron chi connectivity index (χ0n) is 21.7. The molecule has 2 nitrogen and oxygen atoms in total. The summed E-state index contributed by atoms with van der Waals surface area (Å²) in [6.07, 6.45) is 4.40. The minimum atomic E-state index is -0.562. The smallest absolute Gasteiger partial charge is 0.159 e. The highest BCUT2D eigenvalue weighted by Gasteiger charge is 2.29. The lowest BCUT2D eigenvalue weighted by Crippen LogP contribution is -2.35. The lowest BCUT2D eigenvalue weighted by Gasteiger charge is -2.33. The number of aliphatic hydroxyl groups is 1. The van der Waals surface area contributed by atoms with Gasteiger partial charge in [0, 0.05) is 17.9 Å². The Hall–Kier alpha value is -2.97. The summed E-state index contributed by atoms with van der Waals surface area (Å²) in [4.78, 5) is 10.8. The van der Waals surface area contributed by atoms with E-state index in [0.717, 1.165) is 5.56 Å². The molecule has 34 heavy (non-hydrogen) atoms. The highest BCUT2D eigenvalue weighted by atomic mass is 16.3. The standard InChI is InChI=1S/C16H13.C9H10O.C7H16O/c1-3-7-13(8-4-1)16(15-11-12-15)14-9-5-2-6-10-14;1-7-3-5-9(6-4-7)8(2)10;1-6(2,3)7(4,5)8/h1-12,16H;3-6H,1-2H3;8H,1-5H3. The number of Topliss-reactive ketones (excluding diaryl/α,β-unsaturated/α-hetero) is 1. The summed E-state index contributed by atoms with van der Waals surface area (Å²) in [7, 11) is 0. The fraction of sp³-hybridized carbons (Fsp3) is 0.312. The van der Waals surface area contributed by atoms with E-state index in [1.165, 1.54) is 22.3 Å². The molecule has 0 aliphatic heterocycles. The van der Waals surface area contributed by atoms with Crippen LogP contribution in [0.3, 0.4) is 0 Å². The zero-order chi connectivity index (χ0) is 25.4. The predicted molar refractivity (Wildman–Crippen MR) is 144 cm³/mol. The SMILES string of the molecule is CC(=O)c1ccc(C)cc1.CC(C)(C)C(C)(C)O.[CH]1C=C1C(c1ccccc1)c1ccccc1. The zero-order valence-corrected chi connectivity index (χ0v) is 21.7. The number of hydrogen-bond acceptors (Lipinski definition) is 2. The molecule has 0 unspecified atom stereocenters. The maximum atomic E-state index is 10.8. The first-order valence-electron chi connectivity index (χ1n) is 11.8. The van der Waals surface area contributed by atoms with E-state index in [4.69, 9.17) is 0 Å². The topological polar surface area (TPSA) is 37.3 Å². The molecule has 1 radical (unpaired) electrons. The van der Waals surface area contributed by atoms with Gasteiger partial charge in [-0.15, -0.1) is 0 Å². The Balaban J connectivity index is 0.000000197. The van der Waals surface area contributed by atoms with Crippen molar-refractivity contribution in [2.45, 2.75) is 60.0 Å². The Bertz CT molecular complexity index is 996. The molecule has 1 aliphatic rings. The van der Waals surface area contributed by atoms with E-state index >= 15 is 0 Å². The van der Waals surface area contributed by atoms with Gasteiger partial charge in [-0.3, -0.25) is 4.79 Å². The fourth-order valence-electron chi connectivity index (χ4n) is 2.90. The molecular weight excluding hydrogens is 416 g/mol. The van der Waals surface area contributed by atoms with Gasteiger partial charge in [-0.05, 0) is 44.2 Å². The van der Waals surface area contributed by atoms with Crippen LogP contribution in [0.5, 0.6) is 0 Å². The minimum Gasteiger partial charge on any atom is -0.390 e. The molecular formula is C32H39O2. The summed E-state index contributed by atoms with van der Waals surface area (Å²) < 4.78 is 0. The van der Waals surface area contributed by atoms with Gasteiger partial charge in [-0.25, -0.2) is 0 Å². The van der Waals surface area contributed by atoms with Crippen LogP contribution in [-0.2, 0) is 0 Å². The molecule has 0 atom stereocenters. The average Bonchev–Trinajstić information content (AvgIpc) is 3.60. The van der Waals surface area contributed by atoms with Crippen LogP contribution in [0.1, 0.15) is 74.5 Å². The highest BCUT2D eigenvalue weighted by Crippen LogP contribution is 2.39. The van der Waals surface area contributed by atoms with Crippen LogP contribution in [0.4, 0.5) is 0 Å². The molecule has 179 valence electrons. The van der Waals surface area contributed by atoms with E-state index in [9.17, 15) is 9.90 Å². The third-order valence-corrected chi connectivity index (χ3v) is 6.25. The van der Waals surface area contributed by atoms with E-state index in [0.29, 0.717) is 5.92 Å². The van der Waals surface area contributed by atoms with Crippen molar-refractivity contribution in [3.05, 3.63) is 125 Å². The van der Waals surface area contributed by atoms with Crippen LogP contribution in [0.2, 0.25) is 0 Å². The van der Waals surface area contributed by atoms with Gasteiger partial charge in [0.1, 0.15) is 0 Å². The number of aryl methyl sites for hydroxylation is 1. The minimum absolute atomic E-state index is 0.00694. The first-order chi connectivity index (χ1) is 15.9. The van der Waals surface area contributed by atoms with Gasteiger partial charge >= 0.3 is 0 Å². The normalized spacial score (nSPS) is 12.6. The predicted octanol–water partition coefficient (Wildman–Crippen LogP) is 7.96. The van der Waals surface area contributed by atoms with Crippen LogP contribution in [0.25, 0.3) is 0 Å².